The van der Waals surface area contributed by atoms with Gasteiger partial charge in [-0.25, -0.2) is 0 Å². The molecule has 0 saturated carbocycles. The first-order valence-electron chi connectivity index (χ1n) is 4.58. The van der Waals surface area contributed by atoms with Gasteiger partial charge in [0.15, 0.2) is 0 Å². The molecule has 0 spiro atoms. The van der Waals surface area contributed by atoms with Crippen molar-refractivity contribution in [3.63, 3.8) is 0 Å². The minimum atomic E-state index is -0.329. The second-order valence-corrected chi connectivity index (χ2v) is 2.21. The summed E-state index contributed by atoms with van der Waals surface area (Å²) in [5, 5.41) is 0. The van der Waals surface area contributed by atoms with Gasteiger partial charge in [0.1, 0.15) is 0 Å². The van der Waals surface area contributed by atoms with Crippen molar-refractivity contribution < 1.29 is 9.53 Å². The fourth-order valence-electron chi connectivity index (χ4n) is 0.466. The molecular formula is C12H22O2. The lowest BCUT2D eigenvalue weighted by atomic mass is 10.3. The fourth-order valence-corrected chi connectivity index (χ4v) is 0.466. The summed E-state index contributed by atoms with van der Waals surface area (Å²) < 4.78 is 4.17. The van der Waals surface area contributed by atoms with E-state index < -0.39 is 0 Å². The molecule has 82 valence electrons. The van der Waals surface area contributed by atoms with Crippen LogP contribution in [0.2, 0.25) is 0 Å². The molecule has 14 heavy (non-hydrogen) atoms. The average molecular weight is 198 g/mol. The van der Waals surface area contributed by atoms with Crippen LogP contribution >= 0.6 is 0 Å². The average Bonchev–Trinajstić information content (AvgIpc) is 2.18. The van der Waals surface area contributed by atoms with Crippen LogP contribution in [0.1, 0.15) is 33.1 Å². The molecule has 0 saturated heterocycles. The summed E-state index contributed by atoms with van der Waals surface area (Å²) in [4.78, 5) is 9.75. The zero-order valence-corrected chi connectivity index (χ0v) is 9.42. The Kier molecular flexibility index (Phi) is 29.8. The molecule has 2 heteroatoms. The number of carbonyl (C=O) groups is 1. The summed E-state index contributed by atoms with van der Waals surface area (Å²) >= 11 is 0. The lowest BCUT2D eigenvalue weighted by Gasteiger charge is -1.83. The highest BCUT2D eigenvalue weighted by Gasteiger charge is 1.79. The SMILES string of the molecule is C=C.C=CCCCC.C=COC(C)=O. The minimum Gasteiger partial charge on any atom is -0.435 e. The monoisotopic (exact) mass is 198 g/mol. The molecule has 0 fully saturated rings. The van der Waals surface area contributed by atoms with E-state index in [0.717, 1.165) is 6.26 Å². The van der Waals surface area contributed by atoms with Gasteiger partial charge in [0.05, 0.1) is 6.26 Å². The summed E-state index contributed by atoms with van der Waals surface area (Å²) in [6.45, 7) is 16.3. The molecule has 0 aliphatic carbocycles. The predicted octanol–water partition coefficient (Wildman–Crippen LogP) is 3.86. The topological polar surface area (TPSA) is 26.3 Å². The number of hydrogen-bond acceptors (Lipinski definition) is 2. The molecule has 0 amide bonds. The predicted molar refractivity (Wildman–Crippen MR) is 62.9 cm³/mol. The third-order valence-electron chi connectivity index (χ3n) is 1.01. The Morgan fingerprint density at radius 2 is 1.86 bits per heavy atom. The second-order valence-electron chi connectivity index (χ2n) is 2.21. The highest BCUT2D eigenvalue weighted by Crippen LogP contribution is 1.91. The van der Waals surface area contributed by atoms with Crippen molar-refractivity contribution in [1.82, 2.24) is 0 Å². The van der Waals surface area contributed by atoms with E-state index in [1.165, 1.54) is 26.2 Å². The number of esters is 1. The highest BCUT2D eigenvalue weighted by molar-refractivity contribution is 5.66. The van der Waals surface area contributed by atoms with Gasteiger partial charge in [0.25, 0.3) is 0 Å². The molecule has 0 radical (unpaired) electrons. The van der Waals surface area contributed by atoms with Crippen LogP contribution in [0, 0.1) is 0 Å². The summed E-state index contributed by atoms with van der Waals surface area (Å²) in [7, 11) is 0. The molecule has 0 aromatic carbocycles. The molecule has 0 atom stereocenters. The Hall–Kier alpha value is -1.31. The van der Waals surface area contributed by atoms with Crippen molar-refractivity contribution in [2.24, 2.45) is 0 Å². The van der Waals surface area contributed by atoms with Crippen molar-refractivity contribution in [2.75, 3.05) is 0 Å². The third-order valence-corrected chi connectivity index (χ3v) is 1.01. The van der Waals surface area contributed by atoms with Crippen molar-refractivity contribution in [1.29, 1.82) is 0 Å². The standard InChI is InChI=1S/C6H12.C4H6O2.C2H4/c1-3-5-6-4-2;1-3-6-4(2)5;1-2/h3H,1,4-6H2,2H3;3H,1H2,2H3;1-2H2. The zero-order valence-electron chi connectivity index (χ0n) is 9.42. The number of allylic oxidation sites excluding steroid dienone is 1. The Bertz CT molecular complexity index is 139. The first-order chi connectivity index (χ1) is 6.68. The van der Waals surface area contributed by atoms with Gasteiger partial charge >= 0.3 is 5.97 Å². The van der Waals surface area contributed by atoms with Gasteiger partial charge in [0.2, 0.25) is 0 Å². The van der Waals surface area contributed by atoms with E-state index in [9.17, 15) is 4.79 Å². The van der Waals surface area contributed by atoms with Crippen LogP contribution in [0.25, 0.3) is 0 Å². The molecule has 0 aromatic heterocycles. The maximum absolute atomic E-state index is 9.75. The molecule has 0 aliphatic rings. The number of carbonyl (C=O) groups excluding carboxylic acids is 1. The normalized spacial score (nSPS) is 6.71. The Labute approximate surface area is 88.0 Å². The smallest absolute Gasteiger partial charge is 0.307 e. The maximum Gasteiger partial charge on any atom is 0.307 e. The second kappa shape index (κ2) is 22.6. The molecule has 0 heterocycles. The molecule has 2 nitrogen and oxygen atoms in total. The summed E-state index contributed by atoms with van der Waals surface area (Å²) in [5.41, 5.74) is 0. The summed E-state index contributed by atoms with van der Waals surface area (Å²) in [5.74, 6) is -0.329. The minimum absolute atomic E-state index is 0.329. The first kappa shape index (κ1) is 18.5. The van der Waals surface area contributed by atoms with Gasteiger partial charge in [-0.15, -0.1) is 19.7 Å². The van der Waals surface area contributed by atoms with Crippen LogP contribution in [0.5, 0.6) is 0 Å². The van der Waals surface area contributed by atoms with E-state index in [4.69, 9.17) is 0 Å². The number of hydrogen-bond donors (Lipinski definition) is 0. The molecule has 0 N–H and O–H groups in total. The molecule has 0 aliphatic heterocycles. The van der Waals surface area contributed by atoms with Crippen LogP contribution in [0.3, 0.4) is 0 Å². The van der Waals surface area contributed by atoms with Gasteiger partial charge in [-0.2, -0.15) is 0 Å². The van der Waals surface area contributed by atoms with Crippen LogP contribution < -0.4 is 0 Å². The Morgan fingerprint density at radius 1 is 1.36 bits per heavy atom. The van der Waals surface area contributed by atoms with Crippen LogP contribution in [-0.2, 0) is 9.53 Å². The first-order valence-corrected chi connectivity index (χ1v) is 4.58. The van der Waals surface area contributed by atoms with E-state index >= 15 is 0 Å². The molecule has 0 bridgehead atoms. The van der Waals surface area contributed by atoms with Crippen molar-refractivity contribution in [3.05, 3.63) is 38.7 Å². The highest BCUT2D eigenvalue weighted by atomic mass is 16.5. The van der Waals surface area contributed by atoms with Crippen molar-refractivity contribution in [2.45, 2.75) is 33.1 Å². The lowest BCUT2D eigenvalue weighted by Crippen LogP contribution is -1.87. The number of rotatable bonds is 4. The van der Waals surface area contributed by atoms with Gasteiger partial charge in [-0.3, -0.25) is 4.79 Å². The van der Waals surface area contributed by atoms with E-state index in [-0.39, 0.29) is 5.97 Å². The summed E-state index contributed by atoms with van der Waals surface area (Å²) in [6, 6.07) is 0. The van der Waals surface area contributed by atoms with Gasteiger partial charge < -0.3 is 4.74 Å². The van der Waals surface area contributed by atoms with Crippen molar-refractivity contribution >= 4 is 5.97 Å². The van der Waals surface area contributed by atoms with E-state index in [1.807, 2.05) is 6.08 Å². The molecule has 0 unspecified atom stereocenters. The summed E-state index contributed by atoms with van der Waals surface area (Å²) in [6.07, 6.45) is 6.82. The van der Waals surface area contributed by atoms with Gasteiger partial charge in [-0.1, -0.05) is 32.4 Å². The number of ether oxygens (including phenoxy) is 1. The van der Waals surface area contributed by atoms with Crippen molar-refractivity contribution in [3.8, 4) is 0 Å². The molecule has 0 rings (SSSR count). The van der Waals surface area contributed by atoms with Crippen LogP contribution in [0.4, 0.5) is 0 Å². The van der Waals surface area contributed by atoms with Crippen LogP contribution in [-0.4, -0.2) is 5.97 Å². The maximum atomic E-state index is 9.75. The largest absolute Gasteiger partial charge is 0.435 e. The van der Waals surface area contributed by atoms with Gasteiger partial charge in [0, 0.05) is 6.92 Å². The molecule has 0 aromatic rings. The zero-order chi connectivity index (χ0) is 11.8. The third kappa shape index (κ3) is 45.6. The Balaban J connectivity index is -0.000000147. The lowest BCUT2D eigenvalue weighted by molar-refractivity contribution is -0.135. The number of unbranched alkanes of at least 4 members (excludes halogenated alkanes) is 2. The molecular weight excluding hydrogens is 176 g/mol. The quantitative estimate of drug-likeness (QED) is 0.297. The Morgan fingerprint density at radius 3 is 1.93 bits per heavy atom. The van der Waals surface area contributed by atoms with E-state index in [1.54, 1.807) is 0 Å². The van der Waals surface area contributed by atoms with E-state index in [0.29, 0.717) is 0 Å². The fraction of sp³-hybridized carbons (Fsp3) is 0.417. The van der Waals surface area contributed by atoms with Crippen LogP contribution in [0.15, 0.2) is 38.7 Å². The van der Waals surface area contributed by atoms with Gasteiger partial charge in [-0.05, 0) is 6.42 Å². The van der Waals surface area contributed by atoms with E-state index in [2.05, 4.69) is 38.0 Å².